The van der Waals surface area contributed by atoms with Crippen LogP contribution in [0.2, 0.25) is 0 Å². The van der Waals surface area contributed by atoms with E-state index in [2.05, 4.69) is 41.5 Å². The van der Waals surface area contributed by atoms with Crippen molar-refractivity contribution in [3.63, 3.8) is 0 Å². The van der Waals surface area contributed by atoms with E-state index in [1.807, 2.05) is 13.8 Å². The highest BCUT2D eigenvalue weighted by Crippen LogP contribution is 2.76. The minimum absolute atomic E-state index is 0.0630. The summed E-state index contributed by atoms with van der Waals surface area (Å²) in [6.45, 7) is 18.1. The van der Waals surface area contributed by atoms with Gasteiger partial charge >= 0.3 is 0 Å². The molecule has 0 radical (unpaired) electrons. The minimum Gasteiger partial charge on any atom is -0.393 e. The van der Waals surface area contributed by atoms with E-state index >= 15 is 0 Å². The monoisotopic (exact) mass is 476 g/mol. The molecule has 4 saturated carbocycles. The molecule has 0 unspecified atom stereocenters. The molecule has 0 aromatic rings. The summed E-state index contributed by atoms with van der Waals surface area (Å²) < 4.78 is 6.66. The molecule has 0 bridgehead atoms. The van der Waals surface area contributed by atoms with Crippen LogP contribution < -0.4 is 0 Å². The lowest BCUT2D eigenvalue weighted by Gasteiger charge is -2.70. The zero-order chi connectivity index (χ0) is 25.1. The molecule has 11 atom stereocenters. The number of ether oxygens (including phenoxy) is 1. The quantitative estimate of drug-likeness (QED) is 0.477. The fourth-order valence-corrected chi connectivity index (χ4v) is 11.1. The normalized spacial score (nSPS) is 57.1. The fraction of sp³-hybridized carbons (Fsp3) is 1.00. The van der Waals surface area contributed by atoms with Crippen molar-refractivity contribution in [3.8, 4) is 0 Å². The van der Waals surface area contributed by atoms with Gasteiger partial charge in [0.05, 0.1) is 29.5 Å². The highest BCUT2D eigenvalue weighted by molar-refractivity contribution is 5.20. The summed E-state index contributed by atoms with van der Waals surface area (Å²) in [5, 5.41) is 33.4. The van der Waals surface area contributed by atoms with Gasteiger partial charge in [-0.1, -0.05) is 34.6 Å². The summed E-state index contributed by atoms with van der Waals surface area (Å²) in [5.41, 5.74) is -0.703. The van der Waals surface area contributed by atoms with E-state index in [1.54, 1.807) is 0 Å². The first-order chi connectivity index (χ1) is 15.5. The molecule has 196 valence electrons. The Morgan fingerprint density at radius 1 is 0.765 bits per heavy atom. The maximum Gasteiger partial charge on any atom is 0.0865 e. The van der Waals surface area contributed by atoms with Gasteiger partial charge in [-0.05, 0) is 124 Å². The number of rotatable bonds is 2. The van der Waals surface area contributed by atoms with Crippen molar-refractivity contribution in [2.75, 3.05) is 0 Å². The Balaban J connectivity index is 1.48. The van der Waals surface area contributed by atoms with E-state index in [-0.39, 0.29) is 51.5 Å². The molecule has 0 amide bonds. The van der Waals surface area contributed by atoms with E-state index in [0.29, 0.717) is 17.8 Å². The first-order valence-electron chi connectivity index (χ1n) is 14.3. The predicted molar refractivity (Wildman–Crippen MR) is 135 cm³/mol. The highest BCUT2D eigenvalue weighted by Gasteiger charge is 2.71. The van der Waals surface area contributed by atoms with Gasteiger partial charge in [-0.25, -0.2) is 0 Å². The standard InChI is InChI=1S/C30H52O4/c1-25(2)20-10-15-28(6)21(27(20,5)13-11-22(25)32)17-19(31)24-18(9-14-29(24,28)7)30(8)16-12-23(34-30)26(3,4)33/h18-24,31-33H,9-17H2,1-8H3/t18-,19+,20-,21+,22-,23+,24-,27-,28+,29+,30+/m0/s1. The van der Waals surface area contributed by atoms with E-state index in [0.717, 1.165) is 44.9 Å². The Hall–Kier alpha value is -0.160. The Kier molecular flexibility index (Phi) is 5.59. The van der Waals surface area contributed by atoms with Gasteiger partial charge in [0.15, 0.2) is 0 Å². The maximum atomic E-state index is 11.9. The number of aliphatic hydroxyl groups excluding tert-OH is 2. The van der Waals surface area contributed by atoms with Gasteiger partial charge in [0.25, 0.3) is 0 Å². The molecule has 5 aliphatic rings. The van der Waals surface area contributed by atoms with Crippen LogP contribution in [0.15, 0.2) is 0 Å². The van der Waals surface area contributed by atoms with Gasteiger partial charge in [0, 0.05) is 0 Å². The van der Waals surface area contributed by atoms with E-state index in [1.165, 1.54) is 12.8 Å². The highest BCUT2D eigenvalue weighted by atomic mass is 16.5. The van der Waals surface area contributed by atoms with Crippen LogP contribution in [0.25, 0.3) is 0 Å². The van der Waals surface area contributed by atoms with Crippen LogP contribution in [-0.2, 0) is 4.74 Å². The molecule has 4 heteroatoms. The first kappa shape index (κ1) is 25.5. The Morgan fingerprint density at radius 2 is 1.41 bits per heavy atom. The van der Waals surface area contributed by atoms with Crippen molar-refractivity contribution < 1.29 is 20.1 Å². The molecule has 1 saturated heterocycles. The molecule has 0 spiro atoms. The molecule has 3 N–H and O–H groups in total. The zero-order valence-electron chi connectivity index (χ0n) is 23.2. The van der Waals surface area contributed by atoms with E-state index in [9.17, 15) is 15.3 Å². The zero-order valence-corrected chi connectivity index (χ0v) is 23.2. The molecule has 4 nitrogen and oxygen atoms in total. The third-order valence-corrected chi connectivity index (χ3v) is 13.3. The third-order valence-electron chi connectivity index (χ3n) is 13.3. The molecular weight excluding hydrogens is 424 g/mol. The summed E-state index contributed by atoms with van der Waals surface area (Å²) in [5.74, 6) is 1.59. The molecule has 34 heavy (non-hydrogen) atoms. The lowest BCUT2D eigenvalue weighted by atomic mass is 9.35. The smallest absolute Gasteiger partial charge is 0.0865 e. The Bertz CT molecular complexity index is 817. The third kappa shape index (κ3) is 3.16. The van der Waals surface area contributed by atoms with Crippen LogP contribution in [0.5, 0.6) is 0 Å². The molecule has 1 heterocycles. The summed E-state index contributed by atoms with van der Waals surface area (Å²) in [6, 6.07) is 0. The van der Waals surface area contributed by atoms with Crippen molar-refractivity contribution in [1.29, 1.82) is 0 Å². The summed E-state index contributed by atoms with van der Waals surface area (Å²) in [6.07, 6.45) is 8.72. The SMILES string of the molecule is CC(C)(O)[C@H]1CC[C@](C)([C@H]2CC[C@]3(C)[C@@H]2[C@H](O)C[C@@H]2[C@@]4(C)CC[C@H](O)C(C)(C)[C@@H]4CC[C@]23C)O1. The second kappa shape index (κ2) is 7.45. The lowest BCUT2D eigenvalue weighted by molar-refractivity contribution is -0.248. The van der Waals surface area contributed by atoms with Gasteiger partial charge in [-0.2, -0.15) is 0 Å². The van der Waals surface area contributed by atoms with Crippen molar-refractivity contribution in [2.24, 2.45) is 45.3 Å². The van der Waals surface area contributed by atoms with Crippen molar-refractivity contribution in [1.82, 2.24) is 0 Å². The van der Waals surface area contributed by atoms with Crippen molar-refractivity contribution in [2.45, 2.75) is 143 Å². The van der Waals surface area contributed by atoms with Crippen LogP contribution in [0.4, 0.5) is 0 Å². The molecule has 5 fully saturated rings. The topological polar surface area (TPSA) is 69.9 Å². The Labute approximate surface area is 208 Å². The lowest BCUT2D eigenvalue weighted by Crippen LogP contribution is -2.66. The second-order valence-corrected chi connectivity index (χ2v) is 15.4. The summed E-state index contributed by atoms with van der Waals surface area (Å²) >= 11 is 0. The van der Waals surface area contributed by atoms with E-state index < -0.39 is 5.60 Å². The molecular formula is C30H52O4. The maximum absolute atomic E-state index is 11.9. The van der Waals surface area contributed by atoms with Gasteiger partial charge in [0.1, 0.15) is 0 Å². The van der Waals surface area contributed by atoms with Gasteiger partial charge in [-0.3, -0.25) is 0 Å². The van der Waals surface area contributed by atoms with Crippen LogP contribution in [0.1, 0.15) is 113 Å². The summed E-state index contributed by atoms with van der Waals surface area (Å²) in [7, 11) is 0. The van der Waals surface area contributed by atoms with Gasteiger partial charge < -0.3 is 20.1 Å². The van der Waals surface area contributed by atoms with Crippen LogP contribution in [0, 0.1) is 45.3 Å². The number of hydrogen-bond acceptors (Lipinski definition) is 4. The average Bonchev–Trinajstić information content (AvgIpc) is 3.30. The minimum atomic E-state index is -0.826. The van der Waals surface area contributed by atoms with Gasteiger partial charge in [0.2, 0.25) is 0 Å². The molecule has 5 rings (SSSR count). The Morgan fingerprint density at radius 3 is 2.03 bits per heavy atom. The van der Waals surface area contributed by atoms with Crippen LogP contribution in [-0.4, -0.2) is 44.8 Å². The van der Waals surface area contributed by atoms with Crippen molar-refractivity contribution >= 4 is 0 Å². The predicted octanol–water partition coefficient (Wildman–Crippen LogP) is 5.71. The van der Waals surface area contributed by atoms with Crippen molar-refractivity contribution in [3.05, 3.63) is 0 Å². The molecule has 4 aliphatic carbocycles. The van der Waals surface area contributed by atoms with Gasteiger partial charge in [-0.15, -0.1) is 0 Å². The molecule has 1 aliphatic heterocycles. The van der Waals surface area contributed by atoms with Crippen LogP contribution >= 0.6 is 0 Å². The average molecular weight is 477 g/mol. The van der Waals surface area contributed by atoms with Crippen LogP contribution in [0.3, 0.4) is 0 Å². The largest absolute Gasteiger partial charge is 0.393 e. The number of hydrogen-bond donors (Lipinski definition) is 3. The molecule has 0 aromatic heterocycles. The fourth-order valence-electron chi connectivity index (χ4n) is 11.1. The van der Waals surface area contributed by atoms with E-state index in [4.69, 9.17) is 4.74 Å². The summed E-state index contributed by atoms with van der Waals surface area (Å²) in [4.78, 5) is 0. The number of aliphatic hydroxyl groups is 3. The number of fused-ring (bicyclic) bond motifs is 5. The first-order valence-corrected chi connectivity index (χ1v) is 14.3. The molecule has 0 aromatic carbocycles. The second-order valence-electron chi connectivity index (χ2n) is 15.4.